The van der Waals surface area contributed by atoms with Crippen molar-refractivity contribution in [3.63, 3.8) is 0 Å². The molecule has 9 heteroatoms. The molecular weight excluding hydrogens is 468 g/mol. The standard InChI is InChI=1S/C28H34N6O3/c1-18(2)23-17-25(35)32-28(30-23)34-24(16-19(3)33-34)31-27(37)26(36)29-15-14-22(20-10-6-4-7-11-20)21-12-8-5-9-13-21/h4-13,16,18,22-23,28,30H,14-15,17H2,1-3H3,(H,29,36)(H,31,37)(H,32,35). The lowest BCUT2D eigenvalue weighted by Crippen LogP contribution is -2.55. The third-order valence-corrected chi connectivity index (χ3v) is 6.55. The van der Waals surface area contributed by atoms with E-state index in [9.17, 15) is 14.4 Å². The van der Waals surface area contributed by atoms with Crippen molar-refractivity contribution in [3.8, 4) is 0 Å². The molecule has 4 N–H and O–H groups in total. The van der Waals surface area contributed by atoms with Crippen LogP contribution in [0.2, 0.25) is 0 Å². The van der Waals surface area contributed by atoms with E-state index in [-0.39, 0.29) is 23.8 Å². The number of carbonyl (C=O) groups is 3. The molecule has 0 radical (unpaired) electrons. The van der Waals surface area contributed by atoms with Gasteiger partial charge in [0.15, 0.2) is 6.29 Å². The minimum absolute atomic E-state index is 0.0303. The Morgan fingerprint density at radius 2 is 1.65 bits per heavy atom. The molecule has 0 saturated carbocycles. The van der Waals surface area contributed by atoms with Crippen LogP contribution in [0.3, 0.4) is 0 Å². The van der Waals surface area contributed by atoms with Gasteiger partial charge in [0.05, 0.1) is 5.69 Å². The molecule has 1 fully saturated rings. The lowest BCUT2D eigenvalue weighted by Gasteiger charge is -2.34. The van der Waals surface area contributed by atoms with Crippen LogP contribution < -0.4 is 21.3 Å². The minimum Gasteiger partial charge on any atom is -0.348 e. The maximum Gasteiger partial charge on any atom is 0.314 e. The first-order valence-corrected chi connectivity index (χ1v) is 12.6. The fourth-order valence-electron chi connectivity index (χ4n) is 4.56. The Kier molecular flexibility index (Phi) is 8.35. The number of nitrogens with zero attached hydrogens (tertiary/aromatic N) is 2. The predicted molar refractivity (Wildman–Crippen MR) is 142 cm³/mol. The van der Waals surface area contributed by atoms with Crippen molar-refractivity contribution in [1.82, 2.24) is 25.7 Å². The summed E-state index contributed by atoms with van der Waals surface area (Å²) in [6.07, 6.45) is 0.377. The van der Waals surface area contributed by atoms with Gasteiger partial charge in [0.1, 0.15) is 5.82 Å². The molecule has 2 atom stereocenters. The smallest absolute Gasteiger partial charge is 0.314 e. The predicted octanol–water partition coefficient (Wildman–Crippen LogP) is 3.06. The number of aryl methyl sites for hydroxylation is 1. The van der Waals surface area contributed by atoms with E-state index in [1.54, 1.807) is 13.0 Å². The van der Waals surface area contributed by atoms with Crippen molar-refractivity contribution in [3.05, 3.63) is 83.6 Å². The number of hydrogen-bond acceptors (Lipinski definition) is 5. The Morgan fingerprint density at radius 1 is 1.03 bits per heavy atom. The quantitative estimate of drug-likeness (QED) is 0.353. The molecule has 2 unspecified atom stereocenters. The average molecular weight is 503 g/mol. The molecule has 2 heterocycles. The molecule has 2 aromatic carbocycles. The molecule has 37 heavy (non-hydrogen) atoms. The third-order valence-electron chi connectivity index (χ3n) is 6.55. The Bertz CT molecular complexity index is 1190. The van der Waals surface area contributed by atoms with Crippen LogP contribution in [0.1, 0.15) is 55.7 Å². The fraction of sp³-hybridized carbons (Fsp3) is 0.357. The topological polar surface area (TPSA) is 117 Å². The van der Waals surface area contributed by atoms with Crippen LogP contribution in [0.4, 0.5) is 5.82 Å². The number of aromatic nitrogens is 2. The van der Waals surface area contributed by atoms with E-state index < -0.39 is 18.1 Å². The van der Waals surface area contributed by atoms with Crippen molar-refractivity contribution < 1.29 is 14.4 Å². The van der Waals surface area contributed by atoms with Crippen molar-refractivity contribution in [1.29, 1.82) is 0 Å². The molecular formula is C28H34N6O3. The first kappa shape index (κ1) is 26.1. The highest BCUT2D eigenvalue weighted by Crippen LogP contribution is 2.27. The van der Waals surface area contributed by atoms with E-state index in [0.717, 1.165) is 11.1 Å². The van der Waals surface area contributed by atoms with Crippen LogP contribution in [0.15, 0.2) is 66.7 Å². The highest BCUT2D eigenvalue weighted by atomic mass is 16.2. The normalized spacial score (nSPS) is 17.5. The lowest BCUT2D eigenvalue weighted by molar-refractivity contribution is -0.136. The van der Waals surface area contributed by atoms with E-state index in [4.69, 9.17) is 0 Å². The van der Waals surface area contributed by atoms with E-state index in [1.807, 2.05) is 50.2 Å². The summed E-state index contributed by atoms with van der Waals surface area (Å²) in [5, 5.41) is 16.0. The number of carbonyl (C=O) groups excluding carboxylic acids is 3. The zero-order valence-corrected chi connectivity index (χ0v) is 21.4. The van der Waals surface area contributed by atoms with Gasteiger partial charge in [0, 0.05) is 31.0 Å². The molecule has 0 spiro atoms. The van der Waals surface area contributed by atoms with Gasteiger partial charge in [-0.1, -0.05) is 74.5 Å². The SMILES string of the molecule is Cc1cc(NC(=O)C(=O)NCCC(c2ccccc2)c2ccccc2)n(C2NC(=O)CC(C(C)C)N2)n1. The maximum absolute atomic E-state index is 12.7. The van der Waals surface area contributed by atoms with Gasteiger partial charge in [-0.15, -0.1) is 0 Å². The van der Waals surface area contributed by atoms with Crippen molar-refractivity contribution >= 4 is 23.5 Å². The van der Waals surface area contributed by atoms with E-state index >= 15 is 0 Å². The number of amides is 3. The van der Waals surface area contributed by atoms with Crippen LogP contribution in [0.25, 0.3) is 0 Å². The van der Waals surface area contributed by atoms with Crippen molar-refractivity contribution in [2.45, 2.75) is 51.9 Å². The van der Waals surface area contributed by atoms with Gasteiger partial charge in [0.25, 0.3) is 0 Å². The van der Waals surface area contributed by atoms with E-state index in [1.165, 1.54) is 4.68 Å². The Labute approximate surface area is 217 Å². The maximum atomic E-state index is 12.7. The molecule has 3 aromatic rings. The van der Waals surface area contributed by atoms with Gasteiger partial charge in [-0.3, -0.25) is 19.7 Å². The van der Waals surface area contributed by atoms with Gasteiger partial charge in [0.2, 0.25) is 5.91 Å². The Balaban J connectivity index is 1.38. The summed E-state index contributed by atoms with van der Waals surface area (Å²) >= 11 is 0. The molecule has 0 aliphatic carbocycles. The van der Waals surface area contributed by atoms with E-state index in [2.05, 4.69) is 50.6 Å². The highest BCUT2D eigenvalue weighted by Gasteiger charge is 2.31. The lowest BCUT2D eigenvalue weighted by atomic mass is 9.88. The first-order valence-electron chi connectivity index (χ1n) is 12.6. The van der Waals surface area contributed by atoms with Crippen LogP contribution in [0.5, 0.6) is 0 Å². The summed E-state index contributed by atoms with van der Waals surface area (Å²) in [7, 11) is 0. The summed E-state index contributed by atoms with van der Waals surface area (Å²) in [6.45, 7) is 6.18. The molecule has 194 valence electrons. The van der Waals surface area contributed by atoms with Gasteiger partial charge in [-0.2, -0.15) is 5.10 Å². The van der Waals surface area contributed by atoms with Crippen molar-refractivity contribution in [2.24, 2.45) is 5.92 Å². The number of benzene rings is 2. The van der Waals surface area contributed by atoms with Gasteiger partial charge < -0.3 is 16.0 Å². The summed E-state index contributed by atoms with van der Waals surface area (Å²) in [5.74, 6) is -0.969. The minimum atomic E-state index is -0.792. The third kappa shape index (κ3) is 6.62. The Morgan fingerprint density at radius 3 is 2.24 bits per heavy atom. The number of rotatable bonds is 8. The Hall–Kier alpha value is -3.98. The number of anilines is 1. The molecule has 1 aliphatic heterocycles. The van der Waals surface area contributed by atoms with Gasteiger partial charge >= 0.3 is 11.8 Å². The molecule has 3 amide bonds. The van der Waals surface area contributed by atoms with Crippen molar-refractivity contribution in [2.75, 3.05) is 11.9 Å². The van der Waals surface area contributed by atoms with Crippen LogP contribution >= 0.6 is 0 Å². The zero-order valence-electron chi connectivity index (χ0n) is 21.4. The summed E-state index contributed by atoms with van der Waals surface area (Å²) in [4.78, 5) is 37.6. The molecule has 9 nitrogen and oxygen atoms in total. The monoisotopic (exact) mass is 502 g/mol. The highest BCUT2D eigenvalue weighted by molar-refractivity contribution is 6.39. The van der Waals surface area contributed by atoms with Crippen LogP contribution in [-0.4, -0.2) is 40.1 Å². The fourth-order valence-corrected chi connectivity index (χ4v) is 4.56. The second-order valence-electron chi connectivity index (χ2n) is 9.68. The zero-order chi connectivity index (χ0) is 26.4. The molecule has 1 saturated heterocycles. The second kappa shape index (κ2) is 11.8. The van der Waals surface area contributed by atoms with Crippen LogP contribution in [-0.2, 0) is 14.4 Å². The second-order valence-corrected chi connectivity index (χ2v) is 9.68. The van der Waals surface area contributed by atoms with E-state index in [0.29, 0.717) is 30.9 Å². The molecule has 1 aromatic heterocycles. The molecule has 1 aliphatic rings. The summed E-state index contributed by atoms with van der Waals surface area (Å²) < 4.78 is 1.49. The van der Waals surface area contributed by atoms with Crippen LogP contribution in [0, 0.1) is 12.8 Å². The number of hydrogen-bond donors (Lipinski definition) is 4. The van der Waals surface area contributed by atoms with Gasteiger partial charge in [-0.05, 0) is 30.4 Å². The van der Waals surface area contributed by atoms with Gasteiger partial charge in [-0.25, -0.2) is 4.68 Å². The largest absolute Gasteiger partial charge is 0.348 e. The average Bonchev–Trinajstić information content (AvgIpc) is 3.26. The number of nitrogens with one attached hydrogen (secondary N) is 4. The summed E-state index contributed by atoms with van der Waals surface area (Å²) in [5.41, 5.74) is 2.94. The summed E-state index contributed by atoms with van der Waals surface area (Å²) in [6, 6.07) is 21.8. The first-order chi connectivity index (χ1) is 17.8. The molecule has 4 rings (SSSR count). The molecule has 0 bridgehead atoms.